The smallest absolute Gasteiger partial charge is 0.310 e. The summed E-state index contributed by atoms with van der Waals surface area (Å²) in [4.78, 5) is 12.1. The van der Waals surface area contributed by atoms with Crippen molar-refractivity contribution in [3.05, 3.63) is 58.1 Å². The van der Waals surface area contributed by atoms with Crippen molar-refractivity contribution < 1.29 is 9.90 Å². The van der Waals surface area contributed by atoms with Gasteiger partial charge in [0.2, 0.25) is 0 Å². The molecule has 3 N–H and O–H groups in total. The number of hydrogen-bond donors (Lipinski definition) is 3. The summed E-state index contributed by atoms with van der Waals surface area (Å²) < 4.78 is 0. The summed E-state index contributed by atoms with van der Waals surface area (Å²) in [5.74, 6) is -0.934. The molecule has 2 aromatic rings. The van der Waals surface area contributed by atoms with Gasteiger partial charge in [0.15, 0.2) is 0 Å². The molecule has 5 nitrogen and oxygen atoms in total. The van der Waals surface area contributed by atoms with Gasteiger partial charge in [0.25, 0.3) is 0 Å². The van der Waals surface area contributed by atoms with E-state index in [1.165, 1.54) is 0 Å². The number of halogens is 1. The molecule has 2 rings (SSSR count). The van der Waals surface area contributed by atoms with Crippen molar-refractivity contribution in [2.45, 2.75) is 39.5 Å². The Morgan fingerprint density at radius 1 is 1.30 bits per heavy atom. The van der Waals surface area contributed by atoms with Crippen molar-refractivity contribution in [2.75, 3.05) is 12.4 Å². The van der Waals surface area contributed by atoms with Crippen LogP contribution in [0.5, 0.6) is 0 Å². The number of nitrogens with one attached hydrogen (secondary N) is 2. The van der Waals surface area contributed by atoms with Gasteiger partial charge in [-0.05, 0) is 61.6 Å². The Morgan fingerprint density at radius 3 is 2.48 bits per heavy atom. The molecule has 0 bridgehead atoms. The molecule has 1 atom stereocenters. The van der Waals surface area contributed by atoms with E-state index >= 15 is 0 Å². The van der Waals surface area contributed by atoms with Crippen LogP contribution >= 0.6 is 11.6 Å². The second-order valence-electron chi connectivity index (χ2n) is 7.32. The number of aliphatic carboxylic acids is 1. The highest BCUT2D eigenvalue weighted by molar-refractivity contribution is 6.17. The lowest BCUT2D eigenvalue weighted by molar-refractivity contribution is -0.147. The summed E-state index contributed by atoms with van der Waals surface area (Å²) in [6, 6.07) is 9.69. The summed E-state index contributed by atoms with van der Waals surface area (Å²) in [5.41, 5.74) is 12.3. The van der Waals surface area contributed by atoms with Crippen LogP contribution in [0.25, 0.3) is 0 Å². The van der Waals surface area contributed by atoms with Gasteiger partial charge in [0.1, 0.15) is 5.69 Å². The predicted octanol–water partition coefficient (Wildman–Crippen LogP) is 5.99. The Kier molecular flexibility index (Phi) is 6.26. The van der Waals surface area contributed by atoms with E-state index in [9.17, 15) is 9.90 Å². The molecular weight excluding hydrogens is 362 g/mol. The fraction of sp³-hybridized carbons (Fsp3) is 0.381. The number of carboxylic acids is 1. The highest BCUT2D eigenvalue weighted by atomic mass is 35.5. The zero-order valence-electron chi connectivity index (χ0n) is 16.4. The van der Waals surface area contributed by atoms with E-state index in [2.05, 4.69) is 10.4 Å². The Hall–Kier alpha value is -2.40. The van der Waals surface area contributed by atoms with Gasteiger partial charge in [-0.25, -0.2) is 5.53 Å². The van der Waals surface area contributed by atoms with Crippen molar-refractivity contribution in [1.82, 2.24) is 0 Å². The maximum Gasteiger partial charge on any atom is 0.310 e. The first kappa shape index (κ1) is 20.9. The molecule has 0 spiro atoms. The highest BCUT2D eigenvalue weighted by Gasteiger charge is 2.40. The number of rotatable bonds is 7. The fourth-order valence-electron chi connectivity index (χ4n) is 3.50. The van der Waals surface area contributed by atoms with Crippen LogP contribution in [0, 0.1) is 24.8 Å². The lowest BCUT2D eigenvalue weighted by atomic mass is 9.69. The summed E-state index contributed by atoms with van der Waals surface area (Å²) in [6.45, 7) is 7.32. The van der Waals surface area contributed by atoms with Crippen LogP contribution in [0.15, 0.2) is 35.4 Å². The number of alkyl halides is 1. The van der Waals surface area contributed by atoms with Crippen LogP contribution in [0.4, 0.5) is 11.4 Å². The van der Waals surface area contributed by atoms with Crippen LogP contribution < -0.4 is 5.32 Å². The molecule has 0 saturated carbocycles. The van der Waals surface area contributed by atoms with Gasteiger partial charge in [0, 0.05) is 18.8 Å². The highest BCUT2D eigenvalue weighted by Crippen LogP contribution is 2.45. The summed E-state index contributed by atoms with van der Waals surface area (Å²) >= 11 is 6.09. The van der Waals surface area contributed by atoms with E-state index < -0.39 is 17.3 Å². The van der Waals surface area contributed by atoms with Gasteiger partial charge >= 0.3 is 5.97 Å². The summed E-state index contributed by atoms with van der Waals surface area (Å²) in [5, 5.41) is 16.6. The van der Waals surface area contributed by atoms with E-state index in [0.29, 0.717) is 11.6 Å². The molecule has 144 valence electrons. The van der Waals surface area contributed by atoms with Crippen LogP contribution in [0.1, 0.15) is 47.6 Å². The minimum absolute atomic E-state index is 0.366. The molecule has 0 saturated heterocycles. The molecule has 6 heteroatoms. The molecule has 0 aliphatic rings. The third kappa shape index (κ3) is 3.83. The first-order valence-corrected chi connectivity index (χ1v) is 9.30. The maximum atomic E-state index is 12.1. The third-order valence-electron chi connectivity index (χ3n) is 5.29. The molecule has 0 aliphatic carbocycles. The third-order valence-corrected chi connectivity index (χ3v) is 5.58. The molecule has 2 aromatic carbocycles. The Balaban J connectivity index is 2.80. The summed E-state index contributed by atoms with van der Waals surface area (Å²) in [6.07, 6.45) is 0. The van der Waals surface area contributed by atoms with E-state index in [-0.39, 0.29) is 0 Å². The molecule has 0 fully saturated rings. The number of aryl methyl sites for hydroxylation is 1. The average molecular weight is 388 g/mol. The normalized spacial score (nSPS) is 12.5. The first-order valence-electron chi connectivity index (χ1n) is 8.76. The lowest BCUT2D eigenvalue weighted by Crippen LogP contribution is -2.32. The topological polar surface area (TPSA) is 85.5 Å². The van der Waals surface area contributed by atoms with Gasteiger partial charge in [-0.2, -0.15) is 5.11 Å². The SMILES string of the molecule is CNc1ccc(C(c2ccc(C)c(CCl)c2)C(C)(C)C(=O)O)c(C)c1N=N. The maximum absolute atomic E-state index is 12.1. The first-order chi connectivity index (χ1) is 12.7. The molecule has 0 aromatic heterocycles. The zero-order valence-corrected chi connectivity index (χ0v) is 17.1. The molecule has 0 radical (unpaired) electrons. The van der Waals surface area contributed by atoms with E-state index in [4.69, 9.17) is 17.1 Å². The number of carboxylic acid groups (broad SMARTS) is 1. The summed E-state index contributed by atoms with van der Waals surface area (Å²) in [7, 11) is 1.77. The molecule has 0 amide bonds. The Morgan fingerprint density at radius 2 is 1.96 bits per heavy atom. The molecule has 0 aliphatic heterocycles. The number of anilines is 1. The monoisotopic (exact) mass is 387 g/mol. The van der Waals surface area contributed by atoms with E-state index in [1.807, 2.05) is 44.2 Å². The largest absolute Gasteiger partial charge is 0.481 e. The second kappa shape index (κ2) is 8.09. The van der Waals surface area contributed by atoms with E-state index in [0.717, 1.165) is 33.5 Å². The Bertz CT molecular complexity index is 878. The van der Waals surface area contributed by atoms with Crippen molar-refractivity contribution >= 4 is 28.9 Å². The minimum Gasteiger partial charge on any atom is -0.481 e. The number of carbonyl (C=O) groups is 1. The van der Waals surface area contributed by atoms with Gasteiger partial charge < -0.3 is 10.4 Å². The predicted molar refractivity (Wildman–Crippen MR) is 110 cm³/mol. The molecule has 0 heterocycles. The number of nitrogens with zero attached hydrogens (tertiary/aromatic N) is 1. The van der Waals surface area contributed by atoms with Gasteiger partial charge in [0.05, 0.1) is 11.1 Å². The van der Waals surface area contributed by atoms with Crippen molar-refractivity contribution in [3.63, 3.8) is 0 Å². The second-order valence-corrected chi connectivity index (χ2v) is 7.58. The van der Waals surface area contributed by atoms with Crippen LogP contribution in [0.3, 0.4) is 0 Å². The molecule has 27 heavy (non-hydrogen) atoms. The van der Waals surface area contributed by atoms with Gasteiger partial charge in [-0.15, -0.1) is 11.6 Å². The van der Waals surface area contributed by atoms with Crippen LogP contribution in [0.2, 0.25) is 0 Å². The zero-order chi connectivity index (χ0) is 20.4. The van der Waals surface area contributed by atoms with Crippen LogP contribution in [-0.2, 0) is 10.7 Å². The quantitative estimate of drug-likeness (QED) is 0.403. The van der Waals surface area contributed by atoms with Gasteiger partial charge in [-0.1, -0.05) is 24.3 Å². The number of hydrogen-bond acceptors (Lipinski definition) is 4. The molecule has 1 unspecified atom stereocenters. The Labute approximate surface area is 165 Å². The van der Waals surface area contributed by atoms with Gasteiger partial charge in [-0.3, -0.25) is 4.79 Å². The van der Waals surface area contributed by atoms with E-state index in [1.54, 1.807) is 20.9 Å². The van der Waals surface area contributed by atoms with Crippen molar-refractivity contribution in [2.24, 2.45) is 10.5 Å². The average Bonchev–Trinajstić information content (AvgIpc) is 2.63. The minimum atomic E-state index is -1.07. The van der Waals surface area contributed by atoms with Crippen LogP contribution in [-0.4, -0.2) is 18.1 Å². The molecular formula is C21H26ClN3O2. The number of benzene rings is 2. The van der Waals surface area contributed by atoms with Crippen molar-refractivity contribution in [1.29, 1.82) is 5.53 Å². The fourth-order valence-corrected chi connectivity index (χ4v) is 3.79. The lowest BCUT2D eigenvalue weighted by Gasteiger charge is -2.33. The van der Waals surface area contributed by atoms with Crippen molar-refractivity contribution in [3.8, 4) is 0 Å². The standard InChI is InChI=1S/C21H26ClN3O2/c1-12-6-7-14(10-15(12)11-22)18(21(3,4)20(26)27)16-8-9-17(24-5)19(25-23)13(16)2/h6-10,18,23-24H,11H2,1-5H3,(H,26,27).